The van der Waals surface area contributed by atoms with Crippen molar-refractivity contribution < 1.29 is 14.4 Å². The molecule has 25 heavy (non-hydrogen) atoms. The summed E-state index contributed by atoms with van der Waals surface area (Å²) in [4.78, 5) is 37.8. The predicted molar refractivity (Wildman–Crippen MR) is 96.6 cm³/mol. The van der Waals surface area contributed by atoms with Gasteiger partial charge in [0.2, 0.25) is 0 Å². The molecule has 2 aromatic rings. The second-order valence-corrected chi connectivity index (χ2v) is 6.28. The average Bonchev–Trinajstić information content (AvgIpc) is 2.56. The van der Waals surface area contributed by atoms with Gasteiger partial charge < -0.3 is 0 Å². The Morgan fingerprint density at radius 3 is 2.28 bits per heavy atom. The van der Waals surface area contributed by atoms with Crippen molar-refractivity contribution >= 4 is 52.8 Å². The van der Waals surface area contributed by atoms with Gasteiger partial charge in [0.1, 0.15) is 5.57 Å². The van der Waals surface area contributed by atoms with Gasteiger partial charge in [-0.3, -0.25) is 14.9 Å². The number of aryl methyl sites for hydroxylation is 1. The Bertz CT molecular complexity index is 920. The molecule has 1 aliphatic rings. The molecule has 1 heterocycles. The van der Waals surface area contributed by atoms with Crippen molar-refractivity contribution in [1.82, 2.24) is 5.32 Å². The zero-order valence-corrected chi connectivity index (χ0v) is 14.6. The highest BCUT2D eigenvalue weighted by molar-refractivity contribution is 6.43. The van der Waals surface area contributed by atoms with Gasteiger partial charge in [-0.2, -0.15) is 0 Å². The molecule has 0 aromatic heterocycles. The maximum Gasteiger partial charge on any atom is 0.335 e. The molecule has 0 aliphatic carbocycles. The quantitative estimate of drug-likeness (QED) is 0.638. The predicted octanol–water partition coefficient (Wildman–Crippen LogP) is 3.97. The third kappa shape index (κ3) is 3.43. The first-order chi connectivity index (χ1) is 11.9. The molecular weight excluding hydrogens is 363 g/mol. The Labute approximate surface area is 153 Å². The van der Waals surface area contributed by atoms with E-state index >= 15 is 0 Å². The normalized spacial score (nSPS) is 16.4. The summed E-state index contributed by atoms with van der Waals surface area (Å²) in [6.07, 6.45) is 1.44. The zero-order chi connectivity index (χ0) is 18.1. The summed E-state index contributed by atoms with van der Waals surface area (Å²) in [6.45, 7) is 1.93. The lowest BCUT2D eigenvalue weighted by molar-refractivity contribution is -0.122. The first-order valence-corrected chi connectivity index (χ1v) is 8.05. The van der Waals surface area contributed by atoms with Gasteiger partial charge in [-0.1, -0.05) is 53.0 Å². The fraction of sp³-hybridized carbons (Fsp3) is 0.0556. The number of barbiturate groups is 1. The average molecular weight is 375 g/mol. The number of amides is 4. The number of hydrogen-bond acceptors (Lipinski definition) is 3. The van der Waals surface area contributed by atoms with Gasteiger partial charge in [0.25, 0.3) is 11.8 Å². The number of imide groups is 2. The van der Waals surface area contributed by atoms with E-state index in [1.165, 1.54) is 24.3 Å². The molecule has 5 nitrogen and oxygen atoms in total. The second kappa shape index (κ2) is 6.70. The first-order valence-electron chi connectivity index (χ1n) is 7.30. The fourth-order valence-corrected chi connectivity index (χ4v) is 2.64. The largest absolute Gasteiger partial charge is 0.335 e. The molecule has 1 N–H and O–H groups in total. The second-order valence-electron chi connectivity index (χ2n) is 5.47. The van der Waals surface area contributed by atoms with Crippen molar-refractivity contribution in [3.63, 3.8) is 0 Å². The zero-order valence-electron chi connectivity index (χ0n) is 13.0. The molecule has 0 radical (unpaired) electrons. The summed E-state index contributed by atoms with van der Waals surface area (Å²) in [5.41, 5.74) is 1.80. The third-order valence-electron chi connectivity index (χ3n) is 3.65. The lowest BCUT2D eigenvalue weighted by atomic mass is 10.1. The molecule has 0 saturated carbocycles. The van der Waals surface area contributed by atoms with Crippen molar-refractivity contribution in [2.45, 2.75) is 6.92 Å². The standard InChI is InChI=1S/C18H12Cl2N2O3/c1-10-2-4-11(5-3-10)8-13-16(23)21-18(25)22(17(13)24)12-6-7-14(19)15(20)9-12/h2-9H,1H3,(H,21,23,25)/b13-8+. The smallest absolute Gasteiger partial charge is 0.273 e. The molecule has 1 saturated heterocycles. The van der Waals surface area contributed by atoms with Crippen LogP contribution >= 0.6 is 23.2 Å². The highest BCUT2D eigenvalue weighted by atomic mass is 35.5. The van der Waals surface area contributed by atoms with Gasteiger partial charge in [-0.15, -0.1) is 0 Å². The van der Waals surface area contributed by atoms with Gasteiger partial charge >= 0.3 is 6.03 Å². The molecule has 1 fully saturated rings. The minimum absolute atomic E-state index is 0.144. The molecule has 0 atom stereocenters. The van der Waals surface area contributed by atoms with Crippen LogP contribution in [0.4, 0.5) is 10.5 Å². The Hall–Kier alpha value is -2.63. The van der Waals surface area contributed by atoms with E-state index < -0.39 is 17.8 Å². The molecule has 0 unspecified atom stereocenters. The Morgan fingerprint density at radius 2 is 1.64 bits per heavy atom. The van der Waals surface area contributed by atoms with Crippen LogP contribution in [-0.4, -0.2) is 17.8 Å². The van der Waals surface area contributed by atoms with E-state index in [0.717, 1.165) is 10.5 Å². The van der Waals surface area contributed by atoms with E-state index in [0.29, 0.717) is 10.6 Å². The van der Waals surface area contributed by atoms with Crippen LogP contribution < -0.4 is 10.2 Å². The highest BCUT2D eigenvalue weighted by Crippen LogP contribution is 2.29. The van der Waals surface area contributed by atoms with Crippen molar-refractivity contribution in [1.29, 1.82) is 0 Å². The molecule has 0 bridgehead atoms. The number of benzene rings is 2. The molecule has 0 spiro atoms. The van der Waals surface area contributed by atoms with Crippen LogP contribution in [0.3, 0.4) is 0 Å². The van der Waals surface area contributed by atoms with Crippen LogP contribution in [0, 0.1) is 6.92 Å². The topological polar surface area (TPSA) is 66.5 Å². The summed E-state index contributed by atoms with van der Waals surface area (Å²) in [5.74, 6) is -1.47. The van der Waals surface area contributed by atoms with Gasteiger partial charge in [0, 0.05) is 0 Å². The van der Waals surface area contributed by atoms with Gasteiger partial charge in [-0.05, 0) is 36.8 Å². The molecule has 2 aromatic carbocycles. The van der Waals surface area contributed by atoms with Crippen LogP contribution in [0.1, 0.15) is 11.1 Å². The summed E-state index contributed by atoms with van der Waals surface area (Å²) in [7, 11) is 0. The molecule has 4 amide bonds. The number of halogens is 2. The van der Waals surface area contributed by atoms with E-state index in [-0.39, 0.29) is 16.3 Å². The minimum Gasteiger partial charge on any atom is -0.273 e. The minimum atomic E-state index is -0.838. The Morgan fingerprint density at radius 1 is 0.960 bits per heavy atom. The first kappa shape index (κ1) is 17.2. The number of carbonyl (C=O) groups is 3. The SMILES string of the molecule is Cc1ccc(/C=C2\C(=O)NC(=O)N(c3ccc(Cl)c(Cl)c3)C2=O)cc1. The molecule has 126 valence electrons. The van der Waals surface area contributed by atoms with Gasteiger partial charge in [0.05, 0.1) is 15.7 Å². The summed E-state index contributed by atoms with van der Waals surface area (Å²) in [5, 5.41) is 2.65. The lowest BCUT2D eigenvalue weighted by Crippen LogP contribution is -2.54. The van der Waals surface area contributed by atoms with Crippen LogP contribution in [0.5, 0.6) is 0 Å². The Balaban J connectivity index is 2.02. The maximum atomic E-state index is 12.7. The number of nitrogens with one attached hydrogen (secondary N) is 1. The van der Waals surface area contributed by atoms with E-state index in [1.54, 1.807) is 12.1 Å². The number of rotatable bonds is 2. The van der Waals surface area contributed by atoms with Crippen LogP contribution in [0.25, 0.3) is 6.08 Å². The number of hydrogen-bond donors (Lipinski definition) is 1. The monoisotopic (exact) mass is 374 g/mol. The van der Waals surface area contributed by atoms with Gasteiger partial charge in [0.15, 0.2) is 0 Å². The van der Waals surface area contributed by atoms with Crippen molar-refractivity contribution in [2.24, 2.45) is 0 Å². The summed E-state index contributed by atoms with van der Waals surface area (Å²) < 4.78 is 0. The summed E-state index contributed by atoms with van der Waals surface area (Å²) >= 11 is 11.8. The number of urea groups is 1. The van der Waals surface area contributed by atoms with Crippen LogP contribution in [0.2, 0.25) is 10.0 Å². The van der Waals surface area contributed by atoms with E-state index in [1.807, 2.05) is 19.1 Å². The van der Waals surface area contributed by atoms with Gasteiger partial charge in [-0.25, -0.2) is 9.69 Å². The fourth-order valence-electron chi connectivity index (χ4n) is 2.35. The van der Waals surface area contributed by atoms with E-state index in [9.17, 15) is 14.4 Å². The maximum absolute atomic E-state index is 12.7. The van der Waals surface area contributed by atoms with E-state index in [2.05, 4.69) is 5.32 Å². The van der Waals surface area contributed by atoms with E-state index in [4.69, 9.17) is 23.2 Å². The molecular formula is C18H12Cl2N2O3. The lowest BCUT2D eigenvalue weighted by Gasteiger charge is -2.26. The molecule has 3 rings (SSSR count). The van der Waals surface area contributed by atoms with Crippen LogP contribution in [0.15, 0.2) is 48.0 Å². The van der Waals surface area contributed by atoms with Crippen LogP contribution in [-0.2, 0) is 9.59 Å². The number of anilines is 1. The Kier molecular flexibility index (Phi) is 4.61. The molecule has 1 aliphatic heterocycles. The van der Waals surface area contributed by atoms with Crippen molar-refractivity contribution in [3.05, 3.63) is 69.2 Å². The molecule has 7 heteroatoms. The number of carbonyl (C=O) groups excluding carboxylic acids is 3. The number of nitrogens with zero attached hydrogens (tertiary/aromatic N) is 1. The highest BCUT2D eigenvalue weighted by Gasteiger charge is 2.36. The van der Waals surface area contributed by atoms with Crippen molar-refractivity contribution in [3.8, 4) is 0 Å². The summed E-state index contributed by atoms with van der Waals surface area (Å²) in [6, 6.07) is 10.8. The third-order valence-corrected chi connectivity index (χ3v) is 4.39. The van der Waals surface area contributed by atoms with Crippen molar-refractivity contribution in [2.75, 3.05) is 4.90 Å².